The average molecular weight is 246 g/mol. The zero-order chi connectivity index (χ0) is 13.0. The van der Waals surface area contributed by atoms with Gasteiger partial charge in [-0.05, 0) is 44.0 Å². The van der Waals surface area contributed by atoms with E-state index in [2.05, 4.69) is 43.4 Å². The topological polar surface area (TPSA) is 32.3 Å². The van der Waals surface area contributed by atoms with Crippen molar-refractivity contribution < 1.29 is 4.79 Å². The molecule has 1 saturated heterocycles. The fourth-order valence-electron chi connectivity index (χ4n) is 2.45. The first-order valence-electron chi connectivity index (χ1n) is 6.86. The highest BCUT2D eigenvalue weighted by Crippen LogP contribution is 2.23. The van der Waals surface area contributed by atoms with E-state index in [1.807, 2.05) is 4.90 Å². The van der Waals surface area contributed by atoms with Crippen LogP contribution in [0.5, 0.6) is 0 Å². The van der Waals surface area contributed by atoms with Crippen LogP contribution in [0, 0.1) is 0 Å². The number of rotatable bonds is 4. The molecule has 1 aromatic rings. The quantitative estimate of drug-likeness (QED) is 0.886. The Morgan fingerprint density at radius 2 is 2.00 bits per heavy atom. The van der Waals surface area contributed by atoms with Crippen LogP contribution >= 0.6 is 0 Å². The lowest BCUT2D eigenvalue weighted by molar-refractivity contribution is -0.119. The van der Waals surface area contributed by atoms with Crippen LogP contribution in [0.4, 0.5) is 5.69 Å². The largest absolute Gasteiger partial charge is 0.312 e. The number of amides is 1. The molecule has 2 rings (SSSR count). The SMILES string of the molecule is CCNC(C)c1ccc(N2CCCCC2=O)cc1. The van der Waals surface area contributed by atoms with Crippen molar-refractivity contribution in [1.82, 2.24) is 5.32 Å². The summed E-state index contributed by atoms with van der Waals surface area (Å²) in [5.41, 5.74) is 2.30. The second-order valence-electron chi connectivity index (χ2n) is 4.87. The van der Waals surface area contributed by atoms with E-state index in [0.717, 1.165) is 31.6 Å². The van der Waals surface area contributed by atoms with Gasteiger partial charge < -0.3 is 10.2 Å². The average Bonchev–Trinajstić information content (AvgIpc) is 2.40. The van der Waals surface area contributed by atoms with Crippen LogP contribution in [-0.4, -0.2) is 19.0 Å². The summed E-state index contributed by atoms with van der Waals surface area (Å²) in [6.45, 7) is 6.09. The highest BCUT2D eigenvalue weighted by Gasteiger charge is 2.19. The molecule has 1 aliphatic rings. The molecule has 3 nitrogen and oxygen atoms in total. The summed E-state index contributed by atoms with van der Waals surface area (Å²) in [5, 5.41) is 3.39. The number of nitrogens with one attached hydrogen (secondary N) is 1. The third-order valence-corrected chi connectivity index (χ3v) is 3.54. The number of benzene rings is 1. The number of anilines is 1. The molecule has 1 heterocycles. The van der Waals surface area contributed by atoms with Gasteiger partial charge in [-0.25, -0.2) is 0 Å². The predicted octanol–water partition coefficient (Wildman–Crippen LogP) is 2.87. The molecule has 1 atom stereocenters. The van der Waals surface area contributed by atoms with E-state index in [0.29, 0.717) is 12.5 Å². The van der Waals surface area contributed by atoms with Crippen molar-refractivity contribution in [3.05, 3.63) is 29.8 Å². The summed E-state index contributed by atoms with van der Waals surface area (Å²) in [6.07, 6.45) is 2.84. The number of carbonyl (C=O) groups excluding carboxylic acids is 1. The van der Waals surface area contributed by atoms with Crippen molar-refractivity contribution in [3.63, 3.8) is 0 Å². The van der Waals surface area contributed by atoms with Crippen molar-refractivity contribution in [2.75, 3.05) is 18.0 Å². The van der Waals surface area contributed by atoms with Crippen molar-refractivity contribution in [1.29, 1.82) is 0 Å². The maximum atomic E-state index is 11.8. The first kappa shape index (κ1) is 13.1. The number of hydrogen-bond acceptors (Lipinski definition) is 2. The summed E-state index contributed by atoms with van der Waals surface area (Å²) in [7, 11) is 0. The van der Waals surface area contributed by atoms with Gasteiger partial charge in [-0.2, -0.15) is 0 Å². The first-order chi connectivity index (χ1) is 8.72. The zero-order valence-electron chi connectivity index (χ0n) is 11.3. The minimum absolute atomic E-state index is 0.258. The van der Waals surface area contributed by atoms with Gasteiger partial charge in [-0.3, -0.25) is 4.79 Å². The normalized spacial score (nSPS) is 17.9. The summed E-state index contributed by atoms with van der Waals surface area (Å²) in [6, 6.07) is 8.72. The van der Waals surface area contributed by atoms with Crippen LogP contribution < -0.4 is 10.2 Å². The second kappa shape index (κ2) is 6.01. The Hall–Kier alpha value is -1.35. The van der Waals surface area contributed by atoms with Crippen LogP contribution in [0.2, 0.25) is 0 Å². The van der Waals surface area contributed by atoms with Gasteiger partial charge in [0.1, 0.15) is 0 Å². The molecule has 1 fully saturated rings. The molecule has 1 aliphatic heterocycles. The van der Waals surface area contributed by atoms with Gasteiger partial charge in [0.2, 0.25) is 5.91 Å². The molecular weight excluding hydrogens is 224 g/mol. The number of piperidine rings is 1. The molecule has 0 bridgehead atoms. The highest BCUT2D eigenvalue weighted by molar-refractivity contribution is 5.93. The van der Waals surface area contributed by atoms with Gasteiger partial charge in [0.05, 0.1) is 0 Å². The van der Waals surface area contributed by atoms with E-state index in [9.17, 15) is 4.79 Å². The zero-order valence-corrected chi connectivity index (χ0v) is 11.3. The lowest BCUT2D eigenvalue weighted by Crippen LogP contribution is -2.35. The third-order valence-electron chi connectivity index (χ3n) is 3.54. The molecule has 0 aliphatic carbocycles. The lowest BCUT2D eigenvalue weighted by atomic mass is 10.1. The van der Waals surface area contributed by atoms with Crippen LogP contribution in [0.25, 0.3) is 0 Å². The second-order valence-corrected chi connectivity index (χ2v) is 4.87. The van der Waals surface area contributed by atoms with E-state index in [-0.39, 0.29) is 5.91 Å². The monoisotopic (exact) mass is 246 g/mol. The maximum absolute atomic E-state index is 11.8. The fraction of sp³-hybridized carbons (Fsp3) is 0.533. The van der Waals surface area contributed by atoms with Gasteiger partial charge >= 0.3 is 0 Å². The van der Waals surface area contributed by atoms with E-state index >= 15 is 0 Å². The molecular formula is C15H22N2O. The van der Waals surface area contributed by atoms with Gasteiger partial charge in [-0.1, -0.05) is 19.1 Å². The third kappa shape index (κ3) is 2.91. The summed E-state index contributed by atoms with van der Waals surface area (Å²) < 4.78 is 0. The van der Waals surface area contributed by atoms with Gasteiger partial charge in [0, 0.05) is 24.7 Å². The summed E-state index contributed by atoms with van der Waals surface area (Å²) >= 11 is 0. The van der Waals surface area contributed by atoms with E-state index in [4.69, 9.17) is 0 Å². The minimum Gasteiger partial charge on any atom is -0.312 e. The molecule has 98 valence electrons. The highest BCUT2D eigenvalue weighted by atomic mass is 16.2. The standard InChI is InChI=1S/C15H22N2O/c1-3-16-12(2)13-7-9-14(10-8-13)17-11-5-4-6-15(17)18/h7-10,12,16H,3-6,11H2,1-2H3. The maximum Gasteiger partial charge on any atom is 0.226 e. The Kier molecular flexibility index (Phi) is 4.37. The van der Waals surface area contributed by atoms with Crippen LogP contribution in [0.3, 0.4) is 0 Å². The molecule has 18 heavy (non-hydrogen) atoms. The van der Waals surface area contributed by atoms with Crippen LogP contribution in [-0.2, 0) is 4.79 Å². The van der Waals surface area contributed by atoms with Gasteiger partial charge in [0.15, 0.2) is 0 Å². The lowest BCUT2D eigenvalue weighted by Gasteiger charge is -2.27. The Morgan fingerprint density at radius 3 is 2.61 bits per heavy atom. The van der Waals surface area contributed by atoms with Crippen LogP contribution in [0.1, 0.15) is 44.7 Å². The summed E-state index contributed by atoms with van der Waals surface area (Å²) in [4.78, 5) is 13.7. The molecule has 1 aromatic carbocycles. The van der Waals surface area contributed by atoms with Gasteiger partial charge in [-0.15, -0.1) is 0 Å². The molecule has 1 unspecified atom stereocenters. The first-order valence-corrected chi connectivity index (χ1v) is 6.86. The van der Waals surface area contributed by atoms with Crippen molar-refractivity contribution in [3.8, 4) is 0 Å². The minimum atomic E-state index is 0.258. The molecule has 1 N–H and O–H groups in total. The van der Waals surface area contributed by atoms with E-state index in [1.54, 1.807) is 0 Å². The number of carbonyl (C=O) groups is 1. The van der Waals surface area contributed by atoms with Crippen molar-refractivity contribution in [2.45, 2.75) is 39.2 Å². The Morgan fingerprint density at radius 1 is 1.28 bits per heavy atom. The van der Waals surface area contributed by atoms with Crippen molar-refractivity contribution in [2.24, 2.45) is 0 Å². The molecule has 0 spiro atoms. The molecule has 1 amide bonds. The molecule has 0 saturated carbocycles. The number of nitrogens with zero attached hydrogens (tertiary/aromatic N) is 1. The Labute approximate surface area is 109 Å². The smallest absolute Gasteiger partial charge is 0.226 e. The molecule has 0 aromatic heterocycles. The van der Waals surface area contributed by atoms with Gasteiger partial charge in [0.25, 0.3) is 0 Å². The molecule has 0 radical (unpaired) electrons. The Bertz CT molecular complexity index is 399. The summed E-state index contributed by atoms with van der Waals surface area (Å²) in [5.74, 6) is 0.258. The van der Waals surface area contributed by atoms with E-state index in [1.165, 1.54) is 5.56 Å². The fourth-order valence-corrected chi connectivity index (χ4v) is 2.45. The van der Waals surface area contributed by atoms with Crippen LogP contribution in [0.15, 0.2) is 24.3 Å². The Balaban J connectivity index is 2.09. The van der Waals surface area contributed by atoms with E-state index < -0.39 is 0 Å². The number of hydrogen-bond donors (Lipinski definition) is 1. The van der Waals surface area contributed by atoms with Crippen molar-refractivity contribution >= 4 is 11.6 Å². The molecule has 3 heteroatoms. The predicted molar refractivity (Wildman–Crippen MR) is 74.7 cm³/mol.